The van der Waals surface area contributed by atoms with E-state index in [1.807, 2.05) is 0 Å². The Morgan fingerprint density at radius 3 is 2.74 bits per heavy atom. The van der Waals surface area contributed by atoms with Gasteiger partial charge in [0.2, 0.25) is 5.76 Å². The Balaban J connectivity index is 1.58. The van der Waals surface area contributed by atoms with Gasteiger partial charge in [-0.3, -0.25) is 4.79 Å². The van der Waals surface area contributed by atoms with Gasteiger partial charge in [0.25, 0.3) is 5.91 Å². The number of hydrogen-bond donors (Lipinski definition) is 2. The molecule has 0 saturated heterocycles. The number of aromatic carboxylic acids is 1. The van der Waals surface area contributed by atoms with Crippen molar-refractivity contribution in [1.82, 2.24) is 14.8 Å². The maximum Gasteiger partial charge on any atom is 0.339 e. The number of hydrogen-bond acceptors (Lipinski definition) is 5. The molecule has 2 aromatic heterocycles. The van der Waals surface area contributed by atoms with Crippen molar-refractivity contribution < 1.29 is 19.1 Å². The summed E-state index contributed by atoms with van der Waals surface area (Å²) in [4.78, 5) is 28.1. The SMILES string of the molecule is Cc1nc(C2CC2)oc1C(=O)Nc1cccc(-n2ncc(C(=O)O)c2C)c1. The van der Waals surface area contributed by atoms with E-state index in [0.29, 0.717) is 34.6 Å². The maximum atomic E-state index is 12.6. The monoisotopic (exact) mass is 366 g/mol. The Kier molecular flexibility index (Phi) is 4.02. The molecule has 1 aromatic carbocycles. The molecule has 2 heterocycles. The van der Waals surface area contributed by atoms with E-state index in [1.165, 1.54) is 10.9 Å². The van der Waals surface area contributed by atoms with Crippen molar-refractivity contribution in [3.63, 3.8) is 0 Å². The number of aryl methyl sites for hydroxylation is 1. The minimum absolute atomic E-state index is 0.134. The second kappa shape index (κ2) is 6.39. The molecule has 138 valence electrons. The first kappa shape index (κ1) is 17.0. The predicted molar refractivity (Wildman–Crippen MR) is 96.4 cm³/mol. The molecule has 8 heteroatoms. The highest BCUT2D eigenvalue weighted by molar-refractivity contribution is 6.03. The fraction of sp³-hybridized carbons (Fsp3) is 0.263. The number of rotatable bonds is 5. The van der Waals surface area contributed by atoms with Gasteiger partial charge in [-0.1, -0.05) is 6.07 Å². The van der Waals surface area contributed by atoms with Gasteiger partial charge in [0.1, 0.15) is 5.56 Å². The average molecular weight is 366 g/mol. The van der Waals surface area contributed by atoms with Crippen LogP contribution in [0.4, 0.5) is 5.69 Å². The molecule has 1 saturated carbocycles. The van der Waals surface area contributed by atoms with E-state index in [9.17, 15) is 14.7 Å². The lowest BCUT2D eigenvalue weighted by Crippen LogP contribution is -2.12. The predicted octanol–water partition coefficient (Wildman–Crippen LogP) is 3.31. The molecule has 4 rings (SSSR count). The van der Waals surface area contributed by atoms with Gasteiger partial charge in [-0.15, -0.1) is 0 Å². The van der Waals surface area contributed by atoms with Crippen LogP contribution < -0.4 is 5.32 Å². The van der Waals surface area contributed by atoms with Crippen LogP contribution in [-0.2, 0) is 0 Å². The summed E-state index contributed by atoms with van der Waals surface area (Å²) in [6, 6.07) is 7.00. The third kappa shape index (κ3) is 3.21. The van der Waals surface area contributed by atoms with Crippen molar-refractivity contribution in [2.24, 2.45) is 0 Å². The molecule has 0 unspecified atom stereocenters. The van der Waals surface area contributed by atoms with Crippen molar-refractivity contribution in [2.45, 2.75) is 32.6 Å². The molecular weight excluding hydrogens is 348 g/mol. The van der Waals surface area contributed by atoms with Gasteiger partial charge in [0.15, 0.2) is 5.89 Å². The zero-order chi connectivity index (χ0) is 19.1. The summed E-state index contributed by atoms with van der Waals surface area (Å²) in [6.45, 7) is 3.43. The molecule has 1 aliphatic rings. The molecule has 1 aliphatic carbocycles. The Labute approximate surface area is 154 Å². The highest BCUT2D eigenvalue weighted by Crippen LogP contribution is 2.40. The first-order chi connectivity index (χ1) is 12.9. The van der Waals surface area contributed by atoms with Crippen molar-refractivity contribution in [2.75, 3.05) is 5.32 Å². The van der Waals surface area contributed by atoms with Gasteiger partial charge in [0.05, 0.1) is 23.3 Å². The van der Waals surface area contributed by atoms with Crippen LogP contribution in [0, 0.1) is 13.8 Å². The van der Waals surface area contributed by atoms with E-state index < -0.39 is 5.97 Å². The van der Waals surface area contributed by atoms with E-state index in [1.54, 1.807) is 38.1 Å². The Hall–Kier alpha value is -3.42. The molecule has 0 aliphatic heterocycles. The van der Waals surface area contributed by atoms with Gasteiger partial charge in [-0.25, -0.2) is 14.5 Å². The Morgan fingerprint density at radius 2 is 2.07 bits per heavy atom. The minimum Gasteiger partial charge on any atom is -0.478 e. The Bertz CT molecular complexity index is 1050. The van der Waals surface area contributed by atoms with Crippen molar-refractivity contribution in [3.05, 3.63) is 59.1 Å². The van der Waals surface area contributed by atoms with Crippen LogP contribution in [-0.4, -0.2) is 31.7 Å². The zero-order valence-corrected chi connectivity index (χ0v) is 14.9. The highest BCUT2D eigenvalue weighted by Gasteiger charge is 2.31. The molecular formula is C19H18N4O4. The highest BCUT2D eigenvalue weighted by atomic mass is 16.4. The molecule has 27 heavy (non-hydrogen) atoms. The van der Waals surface area contributed by atoms with Crippen LogP contribution in [0.1, 0.15) is 57.0 Å². The summed E-state index contributed by atoms with van der Waals surface area (Å²) in [7, 11) is 0. The van der Waals surface area contributed by atoms with Crippen LogP contribution in [0.25, 0.3) is 5.69 Å². The summed E-state index contributed by atoms with van der Waals surface area (Å²) in [5.41, 5.74) is 2.40. The van der Waals surface area contributed by atoms with Crippen LogP contribution >= 0.6 is 0 Å². The normalized spacial score (nSPS) is 13.6. The number of oxazole rings is 1. The fourth-order valence-corrected chi connectivity index (χ4v) is 2.92. The van der Waals surface area contributed by atoms with Crippen molar-refractivity contribution in [3.8, 4) is 5.69 Å². The fourth-order valence-electron chi connectivity index (χ4n) is 2.92. The molecule has 0 bridgehead atoms. The van der Waals surface area contributed by atoms with E-state index in [4.69, 9.17) is 4.42 Å². The average Bonchev–Trinajstić information content (AvgIpc) is 3.29. The third-order valence-electron chi connectivity index (χ3n) is 4.53. The molecule has 0 radical (unpaired) electrons. The number of amides is 1. The topological polar surface area (TPSA) is 110 Å². The van der Waals surface area contributed by atoms with Gasteiger partial charge in [-0.05, 0) is 44.9 Å². The van der Waals surface area contributed by atoms with Gasteiger partial charge in [0, 0.05) is 11.6 Å². The summed E-state index contributed by atoms with van der Waals surface area (Å²) in [5.74, 6) is -0.228. The number of carboxylic acids is 1. The number of nitrogens with zero attached hydrogens (tertiary/aromatic N) is 3. The molecule has 1 fully saturated rings. The molecule has 1 amide bonds. The van der Waals surface area contributed by atoms with E-state index >= 15 is 0 Å². The van der Waals surface area contributed by atoms with Crippen LogP contribution in [0.3, 0.4) is 0 Å². The number of nitrogens with one attached hydrogen (secondary N) is 1. The zero-order valence-electron chi connectivity index (χ0n) is 14.9. The summed E-state index contributed by atoms with van der Waals surface area (Å²) in [6.07, 6.45) is 3.40. The number of carbonyl (C=O) groups is 2. The standard InChI is InChI=1S/C19H18N4O4/c1-10-16(27-18(21-10)12-6-7-12)17(24)22-13-4-3-5-14(8-13)23-11(2)15(9-20-23)19(25)26/h3-5,8-9,12H,6-7H2,1-2H3,(H,22,24)(H,25,26). The second-order valence-electron chi connectivity index (χ2n) is 6.61. The third-order valence-corrected chi connectivity index (χ3v) is 4.53. The van der Waals surface area contributed by atoms with E-state index in [2.05, 4.69) is 15.4 Å². The van der Waals surface area contributed by atoms with E-state index in [0.717, 1.165) is 12.8 Å². The van der Waals surface area contributed by atoms with Crippen LogP contribution in [0.5, 0.6) is 0 Å². The lowest BCUT2D eigenvalue weighted by atomic mass is 10.2. The Morgan fingerprint density at radius 1 is 1.30 bits per heavy atom. The minimum atomic E-state index is -1.03. The molecule has 8 nitrogen and oxygen atoms in total. The number of carbonyl (C=O) groups excluding carboxylic acids is 1. The first-order valence-corrected chi connectivity index (χ1v) is 8.61. The van der Waals surface area contributed by atoms with Crippen LogP contribution in [0.2, 0.25) is 0 Å². The van der Waals surface area contributed by atoms with Gasteiger partial charge < -0.3 is 14.8 Å². The second-order valence-corrected chi connectivity index (χ2v) is 6.61. The smallest absolute Gasteiger partial charge is 0.339 e. The van der Waals surface area contributed by atoms with Gasteiger partial charge in [-0.2, -0.15) is 5.10 Å². The van der Waals surface area contributed by atoms with E-state index in [-0.39, 0.29) is 17.2 Å². The molecule has 2 N–H and O–H groups in total. The lowest BCUT2D eigenvalue weighted by molar-refractivity contribution is 0.0696. The van der Waals surface area contributed by atoms with Crippen molar-refractivity contribution >= 4 is 17.6 Å². The lowest BCUT2D eigenvalue weighted by Gasteiger charge is -2.08. The number of carboxylic acid groups (broad SMARTS) is 1. The summed E-state index contributed by atoms with van der Waals surface area (Å²) >= 11 is 0. The summed E-state index contributed by atoms with van der Waals surface area (Å²) in [5, 5.41) is 16.1. The van der Waals surface area contributed by atoms with Crippen molar-refractivity contribution in [1.29, 1.82) is 0 Å². The van der Waals surface area contributed by atoms with Crippen LogP contribution in [0.15, 0.2) is 34.9 Å². The summed E-state index contributed by atoms with van der Waals surface area (Å²) < 4.78 is 7.15. The molecule has 0 spiro atoms. The number of benzene rings is 1. The first-order valence-electron chi connectivity index (χ1n) is 8.61. The van der Waals surface area contributed by atoms with Gasteiger partial charge >= 0.3 is 5.97 Å². The molecule has 3 aromatic rings. The number of aromatic nitrogens is 3. The molecule has 0 atom stereocenters. The number of anilines is 1. The largest absolute Gasteiger partial charge is 0.478 e. The quantitative estimate of drug-likeness (QED) is 0.717. The maximum absolute atomic E-state index is 12.6.